The van der Waals surface area contributed by atoms with Gasteiger partial charge in [0.2, 0.25) is 10.0 Å². The van der Waals surface area contributed by atoms with E-state index in [1.165, 1.54) is 6.33 Å². The predicted octanol–water partition coefficient (Wildman–Crippen LogP) is 1.18. The van der Waals surface area contributed by atoms with E-state index in [2.05, 4.69) is 20.0 Å². The Labute approximate surface area is 112 Å². The standard InChI is InChI=1S/C10H17ClN4O2S/c1-7-8(11)13-6-14-9(7)12-5-10(2,3)15-18(4,16)17/h6,15H,5H2,1-4H3,(H,12,13,14). The van der Waals surface area contributed by atoms with E-state index in [0.717, 1.165) is 11.8 Å². The summed E-state index contributed by atoms with van der Waals surface area (Å²) in [7, 11) is -3.25. The summed E-state index contributed by atoms with van der Waals surface area (Å²) >= 11 is 5.87. The minimum atomic E-state index is -3.25. The van der Waals surface area contributed by atoms with Crippen molar-refractivity contribution in [1.82, 2.24) is 14.7 Å². The van der Waals surface area contributed by atoms with Gasteiger partial charge in [0.25, 0.3) is 0 Å². The normalized spacial score (nSPS) is 12.5. The molecule has 6 nitrogen and oxygen atoms in total. The Morgan fingerprint density at radius 2 is 2.00 bits per heavy atom. The van der Waals surface area contributed by atoms with Crippen molar-refractivity contribution in [2.45, 2.75) is 26.3 Å². The number of rotatable bonds is 5. The van der Waals surface area contributed by atoms with Crippen LogP contribution in [0.3, 0.4) is 0 Å². The van der Waals surface area contributed by atoms with Gasteiger partial charge in [0.05, 0.1) is 6.26 Å². The van der Waals surface area contributed by atoms with Gasteiger partial charge in [-0.2, -0.15) is 0 Å². The third-order valence-corrected chi connectivity index (χ3v) is 3.49. The summed E-state index contributed by atoms with van der Waals surface area (Å²) in [5.41, 5.74) is 0.103. The Kier molecular flexibility index (Phi) is 4.52. The highest BCUT2D eigenvalue weighted by atomic mass is 35.5. The summed E-state index contributed by atoms with van der Waals surface area (Å²) in [6.07, 6.45) is 2.48. The third kappa shape index (κ3) is 4.75. The Morgan fingerprint density at radius 3 is 2.56 bits per heavy atom. The lowest BCUT2D eigenvalue weighted by molar-refractivity contribution is 0.475. The molecule has 0 atom stereocenters. The van der Waals surface area contributed by atoms with Crippen molar-refractivity contribution in [3.05, 3.63) is 17.0 Å². The number of hydrogen-bond acceptors (Lipinski definition) is 5. The molecule has 2 N–H and O–H groups in total. The van der Waals surface area contributed by atoms with Crippen LogP contribution in [0.1, 0.15) is 19.4 Å². The Balaban J connectivity index is 2.73. The van der Waals surface area contributed by atoms with Gasteiger partial charge in [0.15, 0.2) is 0 Å². The molecule has 0 aromatic carbocycles. The van der Waals surface area contributed by atoms with Crippen LogP contribution < -0.4 is 10.0 Å². The quantitative estimate of drug-likeness (QED) is 0.796. The first kappa shape index (κ1) is 15.1. The van der Waals surface area contributed by atoms with Crippen molar-refractivity contribution in [3.63, 3.8) is 0 Å². The molecule has 0 aliphatic carbocycles. The first-order chi connectivity index (χ1) is 8.11. The zero-order chi connectivity index (χ0) is 14.0. The summed E-state index contributed by atoms with van der Waals surface area (Å²) < 4.78 is 24.9. The van der Waals surface area contributed by atoms with E-state index in [9.17, 15) is 8.42 Å². The highest BCUT2D eigenvalue weighted by Gasteiger charge is 2.22. The maximum Gasteiger partial charge on any atom is 0.209 e. The van der Waals surface area contributed by atoms with Gasteiger partial charge in [-0.05, 0) is 20.8 Å². The molecule has 0 aliphatic heterocycles. The van der Waals surface area contributed by atoms with Gasteiger partial charge in [0.1, 0.15) is 17.3 Å². The molecule has 1 heterocycles. The van der Waals surface area contributed by atoms with E-state index in [0.29, 0.717) is 17.5 Å². The van der Waals surface area contributed by atoms with Crippen molar-refractivity contribution in [2.24, 2.45) is 0 Å². The highest BCUT2D eigenvalue weighted by Crippen LogP contribution is 2.18. The average Bonchev–Trinajstić information content (AvgIpc) is 2.17. The molecule has 0 aliphatic rings. The summed E-state index contributed by atoms with van der Waals surface area (Å²) in [6.45, 7) is 5.73. The fourth-order valence-corrected chi connectivity index (χ4v) is 2.66. The van der Waals surface area contributed by atoms with Crippen LogP contribution in [0.15, 0.2) is 6.33 Å². The zero-order valence-electron chi connectivity index (χ0n) is 10.8. The van der Waals surface area contributed by atoms with Crippen molar-refractivity contribution < 1.29 is 8.42 Å². The van der Waals surface area contributed by atoms with Crippen LogP contribution in [-0.2, 0) is 10.0 Å². The van der Waals surface area contributed by atoms with Crippen LogP contribution in [0, 0.1) is 6.92 Å². The molecule has 18 heavy (non-hydrogen) atoms. The number of sulfonamides is 1. The molecular formula is C10H17ClN4O2S. The minimum Gasteiger partial charge on any atom is -0.368 e. The van der Waals surface area contributed by atoms with Gasteiger partial charge in [-0.25, -0.2) is 23.1 Å². The minimum absolute atomic E-state index is 0.376. The number of nitrogens with zero attached hydrogens (tertiary/aromatic N) is 2. The van der Waals surface area contributed by atoms with Gasteiger partial charge in [0, 0.05) is 17.6 Å². The molecule has 1 rings (SSSR count). The maximum absolute atomic E-state index is 11.2. The van der Waals surface area contributed by atoms with Crippen molar-refractivity contribution in [1.29, 1.82) is 0 Å². The van der Waals surface area contributed by atoms with Crippen LogP contribution in [0.4, 0.5) is 5.82 Å². The molecule has 0 saturated carbocycles. The monoisotopic (exact) mass is 292 g/mol. The van der Waals surface area contributed by atoms with E-state index in [4.69, 9.17) is 11.6 Å². The lowest BCUT2D eigenvalue weighted by Crippen LogP contribution is -2.47. The van der Waals surface area contributed by atoms with Gasteiger partial charge in [-0.15, -0.1) is 0 Å². The fourth-order valence-electron chi connectivity index (χ4n) is 1.45. The van der Waals surface area contributed by atoms with E-state index >= 15 is 0 Å². The lowest BCUT2D eigenvalue weighted by atomic mass is 10.1. The Morgan fingerprint density at radius 1 is 1.39 bits per heavy atom. The molecular weight excluding hydrogens is 276 g/mol. The number of nitrogens with one attached hydrogen (secondary N) is 2. The van der Waals surface area contributed by atoms with E-state index < -0.39 is 15.6 Å². The topological polar surface area (TPSA) is 84.0 Å². The average molecular weight is 293 g/mol. The number of anilines is 1. The molecule has 1 aromatic heterocycles. The molecule has 102 valence electrons. The molecule has 0 spiro atoms. The van der Waals surface area contributed by atoms with Gasteiger partial charge in [-0.3, -0.25) is 0 Å². The third-order valence-electron chi connectivity index (χ3n) is 2.18. The van der Waals surface area contributed by atoms with Crippen molar-refractivity contribution >= 4 is 27.4 Å². The van der Waals surface area contributed by atoms with Crippen LogP contribution in [-0.4, -0.2) is 36.7 Å². The van der Waals surface area contributed by atoms with Gasteiger partial charge < -0.3 is 5.32 Å². The van der Waals surface area contributed by atoms with Crippen molar-refractivity contribution in [2.75, 3.05) is 18.1 Å². The van der Waals surface area contributed by atoms with E-state index in [-0.39, 0.29) is 0 Å². The van der Waals surface area contributed by atoms with Gasteiger partial charge >= 0.3 is 0 Å². The number of aromatic nitrogens is 2. The maximum atomic E-state index is 11.2. The van der Waals surface area contributed by atoms with Gasteiger partial charge in [-0.1, -0.05) is 11.6 Å². The van der Waals surface area contributed by atoms with E-state index in [1.54, 1.807) is 20.8 Å². The largest absolute Gasteiger partial charge is 0.368 e. The summed E-state index contributed by atoms with van der Waals surface area (Å²) in [6, 6.07) is 0. The Hall–Kier alpha value is -0.920. The first-order valence-electron chi connectivity index (χ1n) is 5.31. The van der Waals surface area contributed by atoms with Crippen LogP contribution in [0.2, 0.25) is 5.15 Å². The fraction of sp³-hybridized carbons (Fsp3) is 0.600. The second-order valence-corrected chi connectivity index (χ2v) is 6.86. The second-order valence-electron chi connectivity index (χ2n) is 4.75. The zero-order valence-corrected chi connectivity index (χ0v) is 12.4. The molecule has 0 unspecified atom stereocenters. The summed E-state index contributed by atoms with van der Waals surface area (Å²) in [5.74, 6) is 0.596. The van der Waals surface area contributed by atoms with Crippen molar-refractivity contribution in [3.8, 4) is 0 Å². The predicted molar refractivity (Wildman–Crippen MR) is 72.3 cm³/mol. The molecule has 0 bridgehead atoms. The number of hydrogen-bond donors (Lipinski definition) is 2. The molecule has 0 saturated heterocycles. The summed E-state index contributed by atoms with van der Waals surface area (Å²) in [5, 5.41) is 3.43. The lowest BCUT2D eigenvalue weighted by Gasteiger charge is -2.25. The Bertz CT molecular complexity index is 531. The smallest absolute Gasteiger partial charge is 0.209 e. The highest BCUT2D eigenvalue weighted by molar-refractivity contribution is 7.88. The summed E-state index contributed by atoms with van der Waals surface area (Å²) in [4.78, 5) is 7.90. The second kappa shape index (κ2) is 5.38. The molecule has 1 aromatic rings. The molecule has 0 radical (unpaired) electrons. The molecule has 8 heteroatoms. The van der Waals surface area contributed by atoms with E-state index in [1.807, 2.05) is 0 Å². The first-order valence-corrected chi connectivity index (χ1v) is 7.57. The SMILES string of the molecule is Cc1c(Cl)ncnc1NCC(C)(C)NS(C)(=O)=O. The van der Waals surface area contributed by atoms with Crippen LogP contribution in [0.5, 0.6) is 0 Å². The molecule has 0 amide bonds. The van der Waals surface area contributed by atoms with Crippen LogP contribution >= 0.6 is 11.6 Å². The molecule has 0 fully saturated rings. The van der Waals surface area contributed by atoms with Crippen LogP contribution in [0.25, 0.3) is 0 Å². The number of halogens is 1.